The van der Waals surface area contributed by atoms with Crippen LogP contribution in [0.3, 0.4) is 0 Å². The van der Waals surface area contributed by atoms with Crippen LogP contribution in [-0.4, -0.2) is 36.0 Å². The van der Waals surface area contributed by atoms with Crippen molar-refractivity contribution in [2.45, 2.75) is 44.2 Å². The smallest absolute Gasteiger partial charge is 0.263 e. The Bertz CT molecular complexity index is 560. The van der Waals surface area contributed by atoms with Gasteiger partial charge in [0.2, 0.25) is 0 Å². The highest BCUT2D eigenvalue weighted by molar-refractivity contribution is 7.14. The van der Waals surface area contributed by atoms with Gasteiger partial charge in [0.05, 0.1) is 10.4 Å². The van der Waals surface area contributed by atoms with Gasteiger partial charge in [0.25, 0.3) is 5.91 Å². The molecule has 5 heteroatoms. The Morgan fingerprint density at radius 2 is 2.10 bits per heavy atom. The molecule has 1 aliphatic heterocycles. The lowest BCUT2D eigenvalue weighted by Crippen LogP contribution is -2.45. The summed E-state index contributed by atoms with van der Waals surface area (Å²) in [6.07, 6.45) is 9.57. The van der Waals surface area contributed by atoms with Crippen molar-refractivity contribution in [3.05, 3.63) is 34.2 Å². The monoisotopic (exact) mass is 305 g/mol. The van der Waals surface area contributed by atoms with Gasteiger partial charge in [-0.25, -0.2) is 5.43 Å². The van der Waals surface area contributed by atoms with Crippen LogP contribution >= 0.6 is 11.3 Å². The number of carbonyl (C=O) groups excluding carboxylic acids is 1. The van der Waals surface area contributed by atoms with Crippen molar-refractivity contribution >= 4 is 17.2 Å². The second kappa shape index (κ2) is 5.46. The van der Waals surface area contributed by atoms with Crippen LogP contribution < -0.4 is 5.43 Å². The van der Waals surface area contributed by atoms with Crippen molar-refractivity contribution in [3.63, 3.8) is 0 Å². The molecule has 21 heavy (non-hydrogen) atoms. The van der Waals surface area contributed by atoms with E-state index in [0.717, 1.165) is 4.88 Å². The number of amides is 1. The fourth-order valence-corrected chi connectivity index (χ4v) is 4.16. The first-order valence-electron chi connectivity index (χ1n) is 7.57. The van der Waals surface area contributed by atoms with Crippen molar-refractivity contribution in [2.75, 3.05) is 14.1 Å². The van der Waals surface area contributed by atoms with Gasteiger partial charge in [-0.1, -0.05) is 12.8 Å². The summed E-state index contributed by atoms with van der Waals surface area (Å²) in [6, 6.07) is 4.61. The summed E-state index contributed by atoms with van der Waals surface area (Å²) in [5.74, 6) is 0.0736. The number of hydrazine groups is 1. The van der Waals surface area contributed by atoms with Gasteiger partial charge in [0.1, 0.15) is 0 Å². The molecule has 1 atom stereocenters. The first-order valence-corrected chi connectivity index (χ1v) is 8.39. The number of hydrogen-bond donors (Lipinski definition) is 1. The molecule has 1 aromatic rings. The Morgan fingerprint density at radius 3 is 2.76 bits per heavy atom. The molecule has 0 radical (unpaired) electrons. The minimum atomic E-state index is -0.196. The number of hydrogen-bond acceptors (Lipinski definition) is 4. The predicted molar refractivity (Wildman–Crippen MR) is 86.1 cm³/mol. The Labute approximate surface area is 130 Å². The molecule has 2 heterocycles. The van der Waals surface area contributed by atoms with E-state index >= 15 is 0 Å². The number of thiophene rings is 1. The van der Waals surface area contributed by atoms with Gasteiger partial charge in [0, 0.05) is 31.2 Å². The van der Waals surface area contributed by atoms with E-state index in [-0.39, 0.29) is 11.4 Å². The van der Waals surface area contributed by atoms with Crippen LogP contribution in [0.15, 0.2) is 24.4 Å². The van der Waals surface area contributed by atoms with Crippen LogP contribution in [0.1, 0.15) is 47.2 Å². The predicted octanol–water partition coefficient (Wildman–Crippen LogP) is 2.94. The zero-order valence-corrected chi connectivity index (χ0v) is 13.7. The van der Waals surface area contributed by atoms with Crippen molar-refractivity contribution in [1.82, 2.24) is 15.3 Å². The SMILES string of the molecule is CN(C)C(=O)c1ccc(C2(C)C=CN(C3CCCC3)N2)s1. The third-order valence-electron chi connectivity index (χ3n) is 4.38. The maximum Gasteiger partial charge on any atom is 0.263 e. The normalized spacial score (nSPS) is 25.8. The summed E-state index contributed by atoms with van der Waals surface area (Å²) >= 11 is 1.58. The van der Waals surface area contributed by atoms with Crippen molar-refractivity contribution in [1.29, 1.82) is 0 Å². The molecule has 0 saturated heterocycles. The molecule has 1 aliphatic carbocycles. The molecule has 114 valence electrons. The van der Waals surface area contributed by atoms with Crippen molar-refractivity contribution in [2.24, 2.45) is 0 Å². The van der Waals surface area contributed by atoms with Crippen LogP contribution in [0.5, 0.6) is 0 Å². The lowest BCUT2D eigenvalue weighted by molar-refractivity contribution is 0.0832. The second-order valence-electron chi connectivity index (χ2n) is 6.34. The molecule has 0 aromatic carbocycles. The first-order chi connectivity index (χ1) is 9.99. The third kappa shape index (κ3) is 2.72. The van der Waals surface area contributed by atoms with Crippen LogP contribution in [0.2, 0.25) is 0 Å². The topological polar surface area (TPSA) is 35.6 Å². The molecule has 3 rings (SSSR count). The maximum absolute atomic E-state index is 12.0. The summed E-state index contributed by atoms with van der Waals surface area (Å²) in [6.45, 7) is 2.17. The molecule has 2 aliphatic rings. The Morgan fingerprint density at radius 1 is 1.38 bits per heavy atom. The summed E-state index contributed by atoms with van der Waals surface area (Å²) in [5, 5.41) is 2.26. The summed E-state index contributed by atoms with van der Waals surface area (Å²) in [5.41, 5.74) is 3.42. The van der Waals surface area contributed by atoms with Gasteiger partial charge < -0.3 is 9.91 Å². The van der Waals surface area contributed by atoms with Crippen LogP contribution in [0.25, 0.3) is 0 Å². The highest BCUT2D eigenvalue weighted by Gasteiger charge is 2.35. The van der Waals surface area contributed by atoms with Crippen molar-refractivity contribution < 1.29 is 4.79 Å². The fraction of sp³-hybridized carbons (Fsp3) is 0.562. The molecular weight excluding hydrogens is 282 g/mol. The zero-order chi connectivity index (χ0) is 15.0. The van der Waals surface area contributed by atoms with Gasteiger partial charge in [-0.05, 0) is 38.0 Å². The Hall–Kier alpha value is -1.33. The molecule has 1 saturated carbocycles. The van der Waals surface area contributed by atoms with E-state index in [1.807, 2.05) is 6.07 Å². The van der Waals surface area contributed by atoms with Crippen LogP contribution in [0.4, 0.5) is 0 Å². The highest BCUT2D eigenvalue weighted by atomic mass is 32.1. The number of carbonyl (C=O) groups is 1. The molecule has 0 bridgehead atoms. The molecule has 1 unspecified atom stereocenters. The molecular formula is C16H23N3OS. The number of rotatable bonds is 3. The van der Waals surface area contributed by atoms with E-state index in [4.69, 9.17) is 0 Å². The van der Waals surface area contributed by atoms with Crippen molar-refractivity contribution in [3.8, 4) is 0 Å². The van der Waals surface area contributed by atoms with Gasteiger partial charge in [-0.2, -0.15) is 0 Å². The Balaban J connectivity index is 1.75. The third-order valence-corrected chi connectivity index (χ3v) is 5.69. The van der Waals surface area contributed by atoms with E-state index in [1.165, 1.54) is 30.6 Å². The van der Waals surface area contributed by atoms with Gasteiger partial charge in [0.15, 0.2) is 0 Å². The molecule has 1 N–H and O–H groups in total. The van der Waals surface area contributed by atoms with E-state index in [9.17, 15) is 4.79 Å². The molecule has 4 nitrogen and oxygen atoms in total. The van der Waals surface area contributed by atoms with Gasteiger partial charge >= 0.3 is 0 Å². The minimum absolute atomic E-state index is 0.0736. The molecule has 1 amide bonds. The number of nitrogens with zero attached hydrogens (tertiary/aromatic N) is 2. The van der Waals surface area contributed by atoms with Gasteiger partial charge in [-0.15, -0.1) is 11.3 Å². The van der Waals surface area contributed by atoms with Crippen LogP contribution in [-0.2, 0) is 5.54 Å². The highest BCUT2D eigenvalue weighted by Crippen LogP contribution is 2.35. The average Bonchev–Trinajstić information content (AvgIpc) is 3.18. The quantitative estimate of drug-likeness (QED) is 0.932. The summed E-state index contributed by atoms with van der Waals surface area (Å²) < 4.78 is 0. The Kier molecular flexibility index (Phi) is 3.80. The second-order valence-corrected chi connectivity index (χ2v) is 7.42. The van der Waals surface area contributed by atoms with E-state index in [0.29, 0.717) is 6.04 Å². The maximum atomic E-state index is 12.0. The largest absolute Gasteiger partial charge is 0.344 e. The number of nitrogens with one attached hydrogen (secondary N) is 1. The fourth-order valence-electron chi connectivity index (χ4n) is 3.06. The lowest BCUT2D eigenvalue weighted by atomic mass is 10.0. The minimum Gasteiger partial charge on any atom is -0.344 e. The standard InChI is InChI=1S/C16H23N3OS/c1-16(10-11-19(17-16)12-6-4-5-7-12)14-9-8-13(21-14)15(20)18(2)3/h8-12,17H,4-7H2,1-3H3. The lowest BCUT2D eigenvalue weighted by Gasteiger charge is -2.30. The molecule has 0 spiro atoms. The van der Waals surface area contributed by atoms with E-state index in [2.05, 4.69) is 35.7 Å². The molecule has 1 aromatic heterocycles. The van der Waals surface area contributed by atoms with E-state index < -0.39 is 0 Å². The van der Waals surface area contributed by atoms with Gasteiger partial charge in [-0.3, -0.25) is 4.79 Å². The summed E-state index contributed by atoms with van der Waals surface area (Å²) in [7, 11) is 3.58. The average molecular weight is 305 g/mol. The van der Waals surface area contributed by atoms with E-state index in [1.54, 1.807) is 30.3 Å². The summed E-state index contributed by atoms with van der Waals surface area (Å²) in [4.78, 5) is 15.6. The first kappa shape index (κ1) is 14.6. The zero-order valence-electron chi connectivity index (χ0n) is 12.9. The van der Waals surface area contributed by atoms with Crippen LogP contribution in [0, 0.1) is 0 Å². The molecule has 1 fully saturated rings.